The fraction of sp³-hybridized carbons (Fsp3) is 0.444. The highest BCUT2D eigenvalue weighted by Crippen LogP contribution is 2.12. The van der Waals surface area contributed by atoms with E-state index in [0.29, 0.717) is 0 Å². The third-order valence-electron chi connectivity index (χ3n) is 1.66. The van der Waals surface area contributed by atoms with Gasteiger partial charge < -0.3 is 4.42 Å². The van der Waals surface area contributed by atoms with Crippen molar-refractivity contribution in [3.63, 3.8) is 0 Å². The second kappa shape index (κ2) is 3.93. The molecule has 0 aliphatic rings. The summed E-state index contributed by atoms with van der Waals surface area (Å²) < 4.78 is 5.17. The van der Waals surface area contributed by atoms with Gasteiger partial charge in [-0.05, 0) is 26.0 Å². The van der Waals surface area contributed by atoms with E-state index in [1.54, 1.807) is 6.26 Å². The molecule has 3 nitrogen and oxygen atoms in total. The van der Waals surface area contributed by atoms with Crippen LogP contribution in [-0.2, 0) is 0 Å². The summed E-state index contributed by atoms with van der Waals surface area (Å²) in [7, 11) is 0. The van der Waals surface area contributed by atoms with E-state index < -0.39 is 0 Å². The lowest BCUT2D eigenvalue weighted by Gasteiger charge is -2.11. The van der Waals surface area contributed by atoms with Crippen molar-refractivity contribution >= 4 is 0 Å². The van der Waals surface area contributed by atoms with E-state index in [2.05, 4.69) is 11.4 Å². The molecule has 0 radical (unpaired) electrons. The smallest absolute Gasteiger partial charge is 0.120 e. The van der Waals surface area contributed by atoms with Crippen LogP contribution in [0.4, 0.5) is 0 Å². The van der Waals surface area contributed by atoms with Gasteiger partial charge in [-0.25, -0.2) is 0 Å². The first kappa shape index (κ1) is 8.82. The molecule has 1 rings (SSSR count). The summed E-state index contributed by atoms with van der Waals surface area (Å²) in [6.07, 6.45) is 1.63. The van der Waals surface area contributed by atoms with E-state index in [1.807, 2.05) is 26.0 Å². The number of nitrogens with zero attached hydrogens (tertiary/aromatic N) is 1. The average molecular weight is 164 g/mol. The third kappa shape index (κ3) is 2.11. The topological polar surface area (TPSA) is 49.0 Å². The molecule has 0 saturated heterocycles. The van der Waals surface area contributed by atoms with Crippen molar-refractivity contribution in [3.05, 3.63) is 24.2 Å². The van der Waals surface area contributed by atoms with Gasteiger partial charge in [0.25, 0.3) is 0 Å². The van der Waals surface area contributed by atoms with Crippen LogP contribution in [0.3, 0.4) is 0 Å². The minimum absolute atomic E-state index is 0.0923. The van der Waals surface area contributed by atoms with Gasteiger partial charge in [0.2, 0.25) is 0 Å². The number of furan rings is 1. The van der Waals surface area contributed by atoms with Crippen molar-refractivity contribution < 1.29 is 4.42 Å². The van der Waals surface area contributed by atoms with Crippen LogP contribution in [0.15, 0.2) is 22.8 Å². The molecule has 64 valence electrons. The maximum atomic E-state index is 8.54. The first-order chi connectivity index (χ1) is 5.74. The summed E-state index contributed by atoms with van der Waals surface area (Å²) in [5.74, 6) is 0.858. The molecule has 0 saturated carbocycles. The summed E-state index contributed by atoms with van der Waals surface area (Å²) in [5.41, 5.74) is 0. The van der Waals surface area contributed by atoms with Gasteiger partial charge in [-0.3, -0.25) is 5.32 Å². The van der Waals surface area contributed by atoms with E-state index in [4.69, 9.17) is 9.68 Å². The largest absolute Gasteiger partial charge is 0.468 e. The van der Waals surface area contributed by atoms with E-state index in [1.165, 1.54) is 0 Å². The zero-order chi connectivity index (χ0) is 8.97. The van der Waals surface area contributed by atoms with Gasteiger partial charge in [0.05, 0.1) is 24.4 Å². The van der Waals surface area contributed by atoms with Crippen molar-refractivity contribution in [2.24, 2.45) is 0 Å². The Balaban J connectivity index is 2.51. The van der Waals surface area contributed by atoms with E-state index in [9.17, 15) is 0 Å². The molecule has 0 amide bonds. The van der Waals surface area contributed by atoms with E-state index in [-0.39, 0.29) is 12.1 Å². The average Bonchev–Trinajstić information content (AvgIpc) is 2.56. The lowest BCUT2D eigenvalue weighted by atomic mass is 10.2. The number of hydrogen-bond donors (Lipinski definition) is 1. The zero-order valence-corrected chi connectivity index (χ0v) is 7.24. The van der Waals surface area contributed by atoms with Crippen LogP contribution in [0.1, 0.15) is 25.6 Å². The minimum Gasteiger partial charge on any atom is -0.468 e. The highest BCUT2D eigenvalue weighted by Gasteiger charge is 2.09. The molecule has 0 spiro atoms. The summed E-state index contributed by atoms with van der Waals surface area (Å²) in [5, 5.41) is 11.6. The number of nitrogens with one attached hydrogen (secondary N) is 1. The molecule has 0 aromatic carbocycles. The van der Waals surface area contributed by atoms with Crippen LogP contribution in [0.25, 0.3) is 0 Å². The van der Waals surface area contributed by atoms with Gasteiger partial charge in [0.15, 0.2) is 0 Å². The van der Waals surface area contributed by atoms with Crippen LogP contribution in [0.5, 0.6) is 0 Å². The molecule has 1 aromatic rings. The van der Waals surface area contributed by atoms with Gasteiger partial charge in [-0.2, -0.15) is 5.26 Å². The summed E-state index contributed by atoms with van der Waals surface area (Å²) in [6, 6.07) is 5.78. The van der Waals surface area contributed by atoms with Gasteiger partial charge >= 0.3 is 0 Å². The van der Waals surface area contributed by atoms with Gasteiger partial charge in [-0.15, -0.1) is 0 Å². The fourth-order valence-electron chi connectivity index (χ4n) is 1.03. The van der Waals surface area contributed by atoms with Crippen LogP contribution >= 0.6 is 0 Å². The molecule has 1 aromatic heterocycles. The second-order valence-corrected chi connectivity index (χ2v) is 2.75. The lowest BCUT2D eigenvalue weighted by molar-refractivity contribution is 0.421. The molecule has 1 N–H and O–H groups in total. The molecule has 1 unspecified atom stereocenters. The molecule has 1 heterocycles. The number of hydrogen-bond acceptors (Lipinski definition) is 3. The van der Waals surface area contributed by atoms with Crippen LogP contribution in [-0.4, -0.2) is 6.04 Å². The Morgan fingerprint density at radius 3 is 2.83 bits per heavy atom. The van der Waals surface area contributed by atoms with Crippen molar-refractivity contribution in [3.8, 4) is 6.07 Å². The quantitative estimate of drug-likeness (QED) is 0.741. The maximum Gasteiger partial charge on any atom is 0.120 e. The van der Waals surface area contributed by atoms with Gasteiger partial charge in [0, 0.05) is 0 Å². The standard InChI is InChI=1S/C9H12N2O/c1-7(6-10)11-8(2)9-4-3-5-12-9/h3-5,7-8,11H,1-2H3/t7?,8-/m0/s1. The summed E-state index contributed by atoms with van der Waals surface area (Å²) >= 11 is 0. The second-order valence-electron chi connectivity index (χ2n) is 2.75. The predicted molar refractivity (Wildman–Crippen MR) is 45.3 cm³/mol. The molecule has 2 atom stereocenters. The lowest BCUT2D eigenvalue weighted by Crippen LogP contribution is -2.27. The Kier molecular flexibility index (Phi) is 2.89. The van der Waals surface area contributed by atoms with Crippen molar-refractivity contribution in [2.75, 3.05) is 0 Å². The first-order valence-electron chi connectivity index (χ1n) is 3.93. The first-order valence-corrected chi connectivity index (χ1v) is 3.93. The Hall–Kier alpha value is -1.27. The van der Waals surface area contributed by atoms with E-state index >= 15 is 0 Å². The van der Waals surface area contributed by atoms with Crippen LogP contribution < -0.4 is 5.32 Å². The summed E-state index contributed by atoms with van der Waals surface area (Å²) in [6.45, 7) is 3.78. The number of rotatable bonds is 3. The van der Waals surface area contributed by atoms with Crippen molar-refractivity contribution in [1.82, 2.24) is 5.32 Å². The highest BCUT2D eigenvalue weighted by atomic mass is 16.3. The predicted octanol–water partition coefficient (Wildman–Crippen LogP) is 1.84. The molecule has 3 heteroatoms. The maximum absolute atomic E-state index is 8.54. The monoisotopic (exact) mass is 164 g/mol. The Morgan fingerprint density at radius 2 is 2.33 bits per heavy atom. The molecule has 0 fully saturated rings. The van der Waals surface area contributed by atoms with Crippen molar-refractivity contribution in [1.29, 1.82) is 5.26 Å². The van der Waals surface area contributed by atoms with Gasteiger partial charge in [-0.1, -0.05) is 0 Å². The Labute approximate surface area is 72.0 Å². The molecular formula is C9H12N2O. The van der Waals surface area contributed by atoms with E-state index in [0.717, 1.165) is 5.76 Å². The third-order valence-corrected chi connectivity index (χ3v) is 1.66. The molecule has 0 aliphatic carbocycles. The SMILES string of the molecule is CC(C#N)N[C@@H](C)c1ccco1. The van der Waals surface area contributed by atoms with Gasteiger partial charge in [0.1, 0.15) is 5.76 Å². The van der Waals surface area contributed by atoms with Crippen LogP contribution in [0, 0.1) is 11.3 Å². The summed E-state index contributed by atoms with van der Waals surface area (Å²) in [4.78, 5) is 0. The zero-order valence-electron chi connectivity index (χ0n) is 7.24. The van der Waals surface area contributed by atoms with Crippen LogP contribution in [0.2, 0.25) is 0 Å². The fourth-order valence-corrected chi connectivity index (χ4v) is 1.03. The molecule has 0 aliphatic heterocycles. The number of nitriles is 1. The Bertz CT molecular complexity index is 261. The van der Waals surface area contributed by atoms with Crippen molar-refractivity contribution in [2.45, 2.75) is 25.9 Å². The highest BCUT2D eigenvalue weighted by molar-refractivity contribution is 5.04. The molecule has 12 heavy (non-hydrogen) atoms. The normalized spacial score (nSPS) is 15.1. The minimum atomic E-state index is -0.148. The molecular weight excluding hydrogens is 152 g/mol. The molecule has 0 bridgehead atoms. The Morgan fingerprint density at radius 1 is 1.58 bits per heavy atom.